The maximum Gasteiger partial charge on any atom is 0.157 e. The zero-order valence-corrected chi connectivity index (χ0v) is 46.4. The van der Waals surface area contributed by atoms with Gasteiger partial charge in [0, 0.05) is 60.0 Å². The Kier molecular flexibility index (Phi) is 24.0. The third kappa shape index (κ3) is 19.1. The normalized spacial score (nSPS) is 18.9. The zero-order valence-electron chi connectivity index (χ0n) is 42.3. The highest BCUT2D eigenvalue weighted by Gasteiger charge is 2.28. The van der Waals surface area contributed by atoms with E-state index in [4.69, 9.17) is 5.11 Å². The Balaban J connectivity index is 0.000000139. The van der Waals surface area contributed by atoms with Crippen molar-refractivity contribution in [3.05, 3.63) is 144 Å². The fourth-order valence-corrected chi connectivity index (χ4v) is 21.1. The lowest BCUT2D eigenvalue weighted by molar-refractivity contribution is 0.475. The van der Waals surface area contributed by atoms with Crippen molar-refractivity contribution in [3.8, 4) is 5.75 Å². The van der Waals surface area contributed by atoms with Crippen molar-refractivity contribution in [2.75, 3.05) is 57.5 Å². The summed E-state index contributed by atoms with van der Waals surface area (Å²) >= 11 is 0. The van der Waals surface area contributed by atoms with E-state index < -0.39 is 0 Å². The average Bonchev–Trinajstić information content (AvgIpc) is 3.39. The van der Waals surface area contributed by atoms with Crippen molar-refractivity contribution in [2.45, 2.75) is 161 Å². The summed E-state index contributed by atoms with van der Waals surface area (Å²) in [6.07, 6.45) is 21.5. The molecule has 0 atom stereocenters. The van der Waals surface area contributed by atoms with Crippen molar-refractivity contribution >= 4 is 54.5 Å². The van der Waals surface area contributed by atoms with Gasteiger partial charge in [-0.15, -0.1) is 0 Å². The molecule has 362 valence electrons. The van der Waals surface area contributed by atoms with E-state index in [-0.39, 0.29) is 5.41 Å². The Hall–Kier alpha value is -2.35. The molecule has 5 aromatic rings. The predicted molar refractivity (Wildman–Crippen MR) is 308 cm³/mol. The molecule has 5 aliphatic heterocycles. The molecule has 1 N–H and O–H groups in total. The Labute approximate surface area is 424 Å². The number of aromatic hydroxyl groups is 1. The van der Waals surface area contributed by atoms with Gasteiger partial charge in [-0.05, 0) is 188 Å². The monoisotopic (exact) mass is 996 g/mol. The SMILES string of the molecule is CC(C)(C)c1ccc([S+]2CCCCC2)cc1.Cc1ccc([S+]2CCCCC2)cc1.Cc1ccccc1[S+]1CCCCC1.Oc1ccc([S+]2CCCCC2)cc1.c1ccc([S+]2CCCCC2)cc1. The van der Waals surface area contributed by atoms with Crippen LogP contribution in [-0.4, -0.2) is 62.6 Å². The Morgan fingerprint density at radius 2 is 0.642 bits per heavy atom. The van der Waals surface area contributed by atoms with Crippen molar-refractivity contribution in [1.82, 2.24) is 0 Å². The van der Waals surface area contributed by atoms with Crippen LogP contribution in [0.1, 0.15) is 134 Å². The smallest absolute Gasteiger partial charge is 0.157 e. The minimum atomic E-state index is 0.286. The van der Waals surface area contributed by atoms with Gasteiger partial charge in [0.1, 0.15) is 63.3 Å². The molecule has 0 saturated carbocycles. The van der Waals surface area contributed by atoms with Gasteiger partial charge in [0.25, 0.3) is 0 Å². The number of aryl methyl sites for hydroxylation is 2. The number of phenolic OH excluding ortho intramolecular Hbond substituents is 1. The summed E-state index contributed by atoms with van der Waals surface area (Å²) in [6.45, 7) is 11.3. The van der Waals surface area contributed by atoms with Crippen LogP contribution in [0.15, 0.2) is 152 Å². The third-order valence-electron chi connectivity index (χ3n) is 13.5. The standard InChI is InChI=1S/C15H23S.2C12H17S.C11H14OS.C11H15S/c1-15(2,3)13-7-9-14(10-8-13)16-11-5-4-6-12-16;1-11-7-3-4-8-12(11)13-9-5-2-6-10-13;1-11-5-7-12(8-6-11)13-9-3-2-4-10-13;12-10-4-6-11(7-5-10)13-8-2-1-3-9-13;1-3-7-11(8-4-1)12-9-5-2-6-10-12/h7-10H,4-6,11-12H2,1-3H3;3-4,7-8H,2,5-6,9-10H2,1H3;5-8H,2-4,9-10H2,1H3;4-7H,1-3,8-9H2;1,3-4,7-8H,2,5-6,9-10H2/q3*+1;;+1/p+1. The zero-order chi connectivity index (χ0) is 47.1. The largest absolute Gasteiger partial charge is 0.508 e. The maximum atomic E-state index is 9.16. The summed E-state index contributed by atoms with van der Waals surface area (Å²) in [7, 11) is 2.79. The third-order valence-corrected chi connectivity index (χ3v) is 26.1. The molecule has 5 aromatic carbocycles. The number of hydrogen-bond donors (Lipinski definition) is 1. The van der Waals surface area contributed by atoms with E-state index in [1.54, 1.807) is 31.7 Å². The second-order valence-corrected chi connectivity index (χ2v) is 31.3. The number of hydrogen-bond acceptors (Lipinski definition) is 1. The lowest BCUT2D eigenvalue weighted by Crippen LogP contribution is -2.18. The number of benzene rings is 5. The van der Waals surface area contributed by atoms with Crippen molar-refractivity contribution in [3.63, 3.8) is 0 Å². The van der Waals surface area contributed by atoms with Gasteiger partial charge < -0.3 is 5.11 Å². The van der Waals surface area contributed by atoms with E-state index in [0.717, 1.165) is 0 Å². The summed E-state index contributed by atoms with van der Waals surface area (Å²) in [4.78, 5) is 7.81. The van der Waals surface area contributed by atoms with E-state index in [1.165, 1.54) is 175 Å². The van der Waals surface area contributed by atoms with Gasteiger partial charge in [-0.25, -0.2) is 0 Å². The molecule has 0 unspecified atom stereocenters. The molecule has 0 bridgehead atoms. The molecule has 67 heavy (non-hydrogen) atoms. The summed E-state index contributed by atoms with van der Waals surface area (Å²) in [6, 6.07) is 46.2. The Morgan fingerprint density at radius 1 is 0.328 bits per heavy atom. The summed E-state index contributed by atoms with van der Waals surface area (Å²) in [5, 5.41) is 9.16. The van der Waals surface area contributed by atoms with Crippen LogP contribution >= 0.6 is 0 Å². The topological polar surface area (TPSA) is 20.2 Å². The molecule has 0 spiro atoms. The molecule has 6 heteroatoms. The quantitative estimate of drug-likeness (QED) is 0.174. The van der Waals surface area contributed by atoms with Crippen LogP contribution in [0.4, 0.5) is 0 Å². The van der Waals surface area contributed by atoms with Gasteiger partial charge in [-0.3, -0.25) is 0 Å². The number of phenols is 1. The van der Waals surface area contributed by atoms with Crippen LogP contribution in [0.2, 0.25) is 0 Å². The van der Waals surface area contributed by atoms with Crippen molar-refractivity contribution < 1.29 is 5.11 Å². The first-order valence-corrected chi connectivity index (χ1v) is 33.9. The second-order valence-electron chi connectivity index (χ2n) is 20.0. The maximum absolute atomic E-state index is 9.16. The van der Waals surface area contributed by atoms with Crippen LogP contribution < -0.4 is 0 Å². The molecule has 5 saturated heterocycles. The van der Waals surface area contributed by atoms with Gasteiger partial charge in [0.2, 0.25) is 0 Å². The molecule has 5 heterocycles. The fourth-order valence-electron chi connectivity index (χ4n) is 9.33. The summed E-state index contributed by atoms with van der Waals surface area (Å²) in [5.74, 6) is 14.5. The molecule has 0 aliphatic carbocycles. The molecule has 5 aliphatic rings. The Morgan fingerprint density at radius 3 is 1.01 bits per heavy atom. The first-order chi connectivity index (χ1) is 32.6. The lowest BCUT2D eigenvalue weighted by atomic mass is 9.87. The molecule has 1 nitrogen and oxygen atoms in total. The Bertz CT molecular complexity index is 1990. The molecular formula is C61H87OS5+5. The minimum Gasteiger partial charge on any atom is -0.508 e. The molecule has 0 radical (unpaired) electrons. The van der Waals surface area contributed by atoms with E-state index in [1.807, 2.05) is 0 Å². The van der Waals surface area contributed by atoms with Crippen LogP contribution in [0.25, 0.3) is 0 Å². The highest BCUT2D eigenvalue weighted by molar-refractivity contribution is 7.98. The fraction of sp³-hybridized carbons (Fsp3) is 0.508. The molecule has 5 fully saturated rings. The number of rotatable bonds is 5. The molecule has 0 amide bonds. The van der Waals surface area contributed by atoms with E-state index in [2.05, 4.69) is 150 Å². The van der Waals surface area contributed by atoms with Gasteiger partial charge in [-0.1, -0.05) is 87.0 Å². The second kappa shape index (κ2) is 29.7. The van der Waals surface area contributed by atoms with Crippen LogP contribution in [0.3, 0.4) is 0 Å². The summed E-state index contributed by atoms with van der Waals surface area (Å²) < 4.78 is 0. The summed E-state index contributed by atoms with van der Waals surface area (Å²) in [5.41, 5.74) is 4.61. The highest BCUT2D eigenvalue weighted by atomic mass is 32.2. The lowest BCUT2D eigenvalue weighted by Gasteiger charge is -2.19. The van der Waals surface area contributed by atoms with Crippen molar-refractivity contribution in [1.29, 1.82) is 0 Å². The van der Waals surface area contributed by atoms with Crippen molar-refractivity contribution in [2.24, 2.45) is 0 Å². The van der Waals surface area contributed by atoms with E-state index in [9.17, 15) is 0 Å². The predicted octanol–water partition coefficient (Wildman–Crippen LogP) is 15.9. The van der Waals surface area contributed by atoms with Crippen LogP contribution in [0.5, 0.6) is 5.75 Å². The highest BCUT2D eigenvalue weighted by Crippen LogP contribution is 2.29. The van der Waals surface area contributed by atoms with E-state index >= 15 is 0 Å². The molecule has 0 aromatic heterocycles. The molecule has 10 rings (SSSR count). The minimum absolute atomic E-state index is 0.286. The average molecular weight is 997 g/mol. The van der Waals surface area contributed by atoms with Crippen LogP contribution in [0, 0.1) is 13.8 Å². The molecular weight excluding hydrogens is 909 g/mol. The van der Waals surface area contributed by atoms with Gasteiger partial charge in [-0.2, -0.15) is 0 Å². The van der Waals surface area contributed by atoms with Gasteiger partial charge >= 0.3 is 0 Å². The van der Waals surface area contributed by atoms with E-state index in [0.29, 0.717) is 60.2 Å². The first-order valence-electron chi connectivity index (χ1n) is 26.1. The van der Waals surface area contributed by atoms with Gasteiger partial charge in [0.15, 0.2) is 24.5 Å². The van der Waals surface area contributed by atoms with Gasteiger partial charge in [0.05, 0.1) is 0 Å². The van der Waals surface area contributed by atoms with Crippen LogP contribution in [-0.2, 0) is 59.9 Å². The first kappa shape index (κ1) is 54.0.